The van der Waals surface area contributed by atoms with Gasteiger partial charge < -0.3 is 15.4 Å². The molecule has 1 aliphatic rings. The highest BCUT2D eigenvalue weighted by Crippen LogP contribution is 2.22. The van der Waals surface area contributed by atoms with Gasteiger partial charge in [0.1, 0.15) is 0 Å². The largest absolute Gasteiger partial charge is 0.456 e. The van der Waals surface area contributed by atoms with Gasteiger partial charge in [-0.15, -0.1) is 0 Å². The van der Waals surface area contributed by atoms with Gasteiger partial charge in [0.2, 0.25) is 0 Å². The summed E-state index contributed by atoms with van der Waals surface area (Å²) in [7, 11) is -3.09. The van der Waals surface area contributed by atoms with Crippen molar-refractivity contribution in [1.29, 1.82) is 0 Å². The van der Waals surface area contributed by atoms with Gasteiger partial charge in [-0.25, -0.2) is 8.42 Å². The van der Waals surface area contributed by atoms with Crippen molar-refractivity contribution in [3.63, 3.8) is 0 Å². The van der Waals surface area contributed by atoms with Crippen molar-refractivity contribution in [2.45, 2.75) is 45.1 Å². The van der Waals surface area contributed by atoms with E-state index in [1.807, 2.05) is 12.1 Å². The summed E-state index contributed by atoms with van der Waals surface area (Å²) in [5.41, 5.74) is 1.61. The van der Waals surface area contributed by atoms with Crippen LogP contribution in [0.1, 0.15) is 49.5 Å². The van der Waals surface area contributed by atoms with E-state index in [-0.39, 0.29) is 35.8 Å². The van der Waals surface area contributed by atoms with Gasteiger partial charge in [-0.3, -0.25) is 14.4 Å². The first-order valence-electron chi connectivity index (χ1n) is 9.50. The molecule has 0 aliphatic carbocycles. The molecule has 0 spiro atoms. The SMILES string of the molecule is CC(C)(C)c1ccc(C(=O)NCCC(=O)OCC(=O)N[C@H]2CCS(=O)(=O)C2)cc1. The summed E-state index contributed by atoms with van der Waals surface area (Å²) in [5, 5.41) is 5.17. The van der Waals surface area contributed by atoms with Crippen LogP contribution in [0, 0.1) is 0 Å². The Labute approximate surface area is 171 Å². The second-order valence-electron chi connectivity index (χ2n) is 8.16. The molecule has 0 radical (unpaired) electrons. The van der Waals surface area contributed by atoms with Gasteiger partial charge in [-0.05, 0) is 29.5 Å². The number of esters is 1. The minimum absolute atomic E-state index is 0.00290. The number of ether oxygens (including phenoxy) is 1. The fourth-order valence-corrected chi connectivity index (χ4v) is 4.57. The Hall–Kier alpha value is -2.42. The summed E-state index contributed by atoms with van der Waals surface area (Å²) in [6, 6.07) is 6.84. The second kappa shape index (κ2) is 9.39. The first-order chi connectivity index (χ1) is 13.5. The molecule has 8 nitrogen and oxygen atoms in total. The molecular weight excluding hydrogens is 396 g/mol. The molecule has 1 aliphatic heterocycles. The quantitative estimate of drug-likeness (QED) is 0.629. The molecule has 1 saturated heterocycles. The molecule has 2 amide bonds. The predicted molar refractivity (Wildman–Crippen MR) is 108 cm³/mol. The number of hydrogen-bond donors (Lipinski definition) is 2. The lowest BCUT2D eigenvalue weighted by Crippen LogP contribution is -2.38. The zero-order valence-corrected chi connectivity index (χ0v) is 17.8. The molecule has 1 aromatic carbocycles. The smallest absolute Gasteiger partial charge is 0.308 e. The number of carbonyl (C=O) groups is 3. The highest BCUT2D eigenvalue weighted by molar-refractivity contribution is 7.91. The summed E-state index contributed by atoms with van der Waals surface area (Å²) < 4.78 is 27.6. The summed E-state index contributed by atoms with van der Waals surface area (Å²) in [4.78, 5) is 35.6. The van der Waals surface area contributed by atoms with E-state index in [0.29, 0.717) is 12.0 Å². The normalized spacial score (nSPS) is 18.1. The molecule has 29 heavy (non-hydrogen) atoms. The van der Waals surface area contributed by atoms with Gasteiger partial charge in [0.15, 0.2) is 16.4 Å². The molecule has 1 heterocycles. The average Bonchev–Trinajstić information content (AvgIpc) is 2.97. The van der Waals surface area contributed by atoms with Crippen LogP contribution in [0.25, 0.3) is 0 Å². The molecule has 1 atom stereocenters. The Kier molecular flexibility index (Phi) is 7.40. The van der Waals surface area contributed by atoms with Crippen LogP contribution in [-0.2, 0) is 29.6 Å². The topological polar surface area (TPSA) is 119 Å². The maximum atomic E-state index is 12.1. The van der Waals surface area contributed by atoms with Gasteiger partial charge in [0.25, 0.3) is 11.8 Å². The summed E-state index contributed by atoms with van der Waals surface area (Å²) >= 11 is 0. The molecule has 1 fully saturated rings. The van der Waals surface area contributed by atoms with Crippen LogP contribution in [0.4, 0.5) is 0 Å². The van der Waals surface area contributed by atoms with Crippen LogP contribution >= 0.6 is 0 Å². The van der Waals surface area contributed by atoms with Crippen molar-refractivity contribution in [3.8, 4) is 0 Å². The lowest BCUT2D eigenvalue weighted by Gasteiger charge is -2.19. The predicted octanol–water partition coefficient (Wildman–Crippen LogP) is 0.951. The van der Waals surface area contributed by atoms with Crippen LogP contribution in [0.5, 0.6) is 0 Å². The number of sulfone groups is 1. The Bertz CT molecular complexity index is 856. The van der Waals surface area contributed by atoms with Crippen LogP contribution in [-0.4, -0.2) is 56.9 Å². The first-order valence-corrected chi connectivity index (χ1v) is 11.3. The summed E-state index contributed by atoms with van der Waals surface area (Å²) in [6.45, 7) is 5.87. The zero-order valence-electron chi connectivity index (χ0n) is 17.0. The standard InChI is InChI=1S/C20H28N2O6S/c1-20(2,3)15-6-4-14(5-7-15)19(25)21-10-8-18(24)28-12-17(23)22-16-9-11-29(26,27)13-16/h4-7,16H,8-13H2,1-3H3,(H,21,25)(H,22,23)/t16-/m0/s1. The molecule has 0 aromatic heterocycles. The zero-order chi connectivity index (χ0) is 21.7. The van der Waals surface area contributed by atoms with E-state index in [2.05, 4.69) is 31.4 Å². The van der Waals surface area contributed by atoms with Gasteiger partial charge >= 0.3 is 5.97 Å². The van der Waals surface area contributed by atoms with Crippen molar-refractivity contribution >= 4 is 27.6 Å². The highest BCUT2D eigenvalue weighted by Gasteiger charge is 2.29. The van der Waals surface area contributed by atoms with Gasteiger partial charge in [0.05, 0.1) is 17.9 Å². The van der Waals surface area contributed by atoms with Crippen molar-refractivity contribution in [2.24, 2.45) is 0 Å². The number of benzene rings is 1. The van der Waals surface area contributed by atoms with Crippen LogP contribution in [0.15, 0.2) is 24.3 Å². The van der Waals surface area contributed by atoms with Crippen LogP contribution in [0.2, 0.25) is 0 Å². The minimum atomic E-state index is -3.09. The van der Waals surface area contributed by atoms with E-state index >= 15 is 0 Å². The molecule has 1 aromatic rings. The Balaban J connectivity index is 1.66. The van der Waals surface area contributed by atoms with Crippen molar-refractivity contribution in [1.82, 2.24) is 10.6 Å². The number of hydrogen-bond acceptors (Lipinski definition) is 6. The van der Waals surface area contributed by atoms with Gasteiger partial charge in [-0.2, -0.15) is 0 Å². The van der Waals surface area contributed by atoms with E-state index in [0.717, 1.165) is 5.56 Å². The fourth-order valence-electron chi connectivity index (χ4n) is 2.90. The third-order valence-corrected chi connectivity index (χ3v) is 6.36. The van der Waals surface area contributed by atoms with E-state index < -0.39 is 34.4 Å². The average molecular weight is 425 g/mol. The number of amides is 2. The lowest BCUT2D eigenvalue weighted by molar-refractivity contribution is -0.148. The van der Waals surface area contributed by atoms with Gasteiger partial charge in [-0.1, -0.05) is 32.9 Å². The molecule has 0 saturated carbocycles. The molecule has 0 unspecified atom stereocenters. The van der Waals surface area contributed by atoms with E-state index in [9.17, 15) is 22.8 Å². The third-order valence-electron chi connectivity index (χ3n) is 4.59. The van der Waals surface area contributed by atoms with Crippen molar-refractivity contribution in [3.05, 3.63) is 35.4 Å². The van der Waals surface area contributed by atoms with E-state index in [1.165, 1.54) is 0 Å². The monoisotopic (exact) mass is 424 g/mol. The molecule has 160 valence electrons. The van der Waals surface area contributed by atoms with Crippen molar-refractivity contribution in [2.75, 3.05) is 24.7 Å². The van der Waals surface area contributed by atoms with E-state index in [4.69, 9.17) is 4.74 Å². The minimum Gasteiger partial charge on any atom is -0.456 e. The number of carbonyl (C=O) groups excluding carboxylic acids is 3. The Morgan fingerprint density at radius 3 is 2.34 bits per heavy atom. The maximum absolute atomic E-state index is 12.1. The summed E-state index contributed by atoms with van der Waals surface area (Å²) in [6.07, 6.45) is 0.293. The number of rotatable bonds is 7. The van der Waals surface area contributed by atoms with Crippen molar-refractivity contribution < 1.29 is 27.5 Å². The fraction of sp³-hybridized carbons (Fsp3) is 0.550. The highest BCUT2D eigenvalue weighted by atomic mass is 32.2. The van der Waals surface area contributed by atoms with Gasteiger partial charge in [0, 0.05) is 18.2 Å². The third kappa shape index (κ3) is 7.49. The Morgan fingerprint density at radius 2 is 1.79 bits per heavy atom. The summed E-state index contributed by atoms with van der Waals surface area (Å²) in [5.74, 6) is -1.49. The Morgan fingerprint density at radius 1 is 1.14 bits per heavy atom. The van der Waals surface area contributed by atoms with E-state index in [1.54, 1.807) is 12.1 Å². The second-order valence-corrected chi connectivity index (χ2v) is 10.4. The first kappa shape index (κ1) is 22.9. The maximum Gasteiger partial charge on any atom is 0.308 e. The molecule has 9 heteroatoms. The lowest BCUT2D eigenvalue weighted by atomic mass is 9.87. The molecule has 2 N–H and O–H groups in total. The molecule has 2 rings (SSSR count). The molecule has 0 bridgehead atoms. The van der Waals surface area contributed by atoms with Crippen LogP contribution in [0.3, 0.4) is 0 Å². The number of nitrogens with one attached hydrogen (secondary N) is 2. The van der Waals surface area contributed by atoms with Crippen LogP contribution < -0.4 is 10.6 Å². The molecular formula is C20H28N2O6S.